The Morgan fingerprint density at radius 1 is 1.00 bits per heavy atom. The van der Waals surface area contributed by atoms with E-state index >= 15 is 0 Å². The van der Waals surface area contributed by atoms with Gasteiger partial charge in [-0.25, -0.2) is 0 Å². The maximum Gasteiger partial charge on any atom is 0.142 e. The van der Waals surface area contributed by atoms with E-state index in [9.17, 15) is 0 Å². The molecule has 0 radical (unpaired) electrons. The molecule has 1 aromatic rings. The Labute approximate surface area is 138 Å². The van der Waals surface area contributed by atoms with Crippen molar-refractivity contribution in [1.82, 2.24) is 0 Å². The van der Waals surface area contributed by atoms with Gasteiger partial charge < -0.3 is 10.1 Å². The molecule has 1 fully saturated rings. The number of rotatable bonds is 4. The lowest BCUT2D eigenvalue weighted by molar-refractivity contribution is 0.372. The van der Waals surface area contributed by atoms with E-state index in [-0.39, 0.29) is 0 Å². The summed E-state index contributed by atoms with van der Waals surface area (Å²) in [4.78, 5) is 0. The van der Waals surface area contributed by atoms with Crippen LogP contribution in [-0.4, -0.2) is 13.7 Å². The van der Waals surface area contributed by atoms with Crippen molar-refractivity contribution in [2.24, 2.45) is 5.92 Å². The minimum absolute atomic E-state index is 0.837. The molecule has 0 heterocycles. The average molecular weight is 308 g/mol. The predicted octanol–water partition coefficient (Wildman–Crippen LogP) is 6.36. The Hall–Kier alpha value is -1.18. The molecule has 0 aliphatic heterocycles. The molecular weight excluding hydrogens is 270 g/mol. The summed E-state index contributed by atoms with van der Waals surface area (Å²) in [6.07, 6.45) is 6.97. The van der Waals surface area contributed by atoms with Crippen LogP contribution in [0.15, 0.2) is 12.1 Å². The number of nitrogens with one attached hydrogen (secondary N) is 1. The predicted molar refractivity (Wildman–Crippen MR) is 100 cm³/mol. The molecule has 0 amide bonds. The van der Waals surface area contributed by atoms with E-state index in [1.54, 1.807) is 7.11 Å². The van der Waals surface area contributed by atoms with Gasteiger partial charge in [0.25, 0.3) is 0 Å². The summed E-state index contributed by atoms with van der Waals surface area (Å²) in [6, 6.07) is 4.32. The fourth-order valence-corrected chi connectivity index (χ4v) is 2.95. The van der Waals surface area contributed by atoms with Crippen LogP contribution in [0.5, 0.6) is 5.75 Å². The van der Waals surface area contributed by atoms with Gasteiger partial charge >= 0.3 is 0 Å². The first kappa shape index (κ1) is 20.8. The first-order chi connectivity index (χ1) is 10.7. The van der Waals surface area contributed by atoms with Gasteiger partial charge in [0.1, 0.15) is 5.75 Å². The summed E-state index contributed by atoms with van der Waals surface area (Å²) in [6.45, 7) is 13.3. The quantitative estimate of drug-likeness (QED) is 0.699. The van der Waals surface area contributed by atoms with Gasteiger partial charge in [-0.3, -0.25) is 0 Å². The monoisotopic (exact) mass is 307 g/mol. The van der Waals surface area contributed by atoms with Crippen molar-refractivity contribution >= 4 is 5.69 Å². The molecular formula is C20H37NO. The van der Waals surface area contributed by atoms with Crippen LogP contribution in [0, 0.1) is 19.8 Å². The van der Waals surface area contributed by atoms with Crippen LogP contribution in [0.1, 0.15) is 70.9 Å². The Bertz CT molecular complexity index is 395. The zero-order valence-corrected chi connectivity index (χ0v) is 15.9. The molecule has 1 aliphatic carbocycles. The normalized spacial score (nSPS) is 14.1. The van der Waals surface area contributed by atoms with Gasteiger partial charge in [0.15, 0.2) is 0 Å². The summed E-state index contributed by atoms with van der Waals surface area (Å²) in [7, 11) is 1.75. The van der Waals surface area contributed by atoms with E-state index in [0.29, 0.717) is 0 Å². The molecule has 0 atom stereocenters. The highest BCUT2D eigenvalue weighted by atomic mass is 16.5. The smallest absolute Gasteiger partial charge is 0.142 e. The Balaban J connectivity index is 0.00000102. The summed E-state index contributed by atoms with van der Waals surface area (Å²) in [5.41, 5.74) is 3.71. The number of hydrogen-bond donors (Lipinski definition) is 1. The molecule has 1 aliphatic rings. The number of ether oxygens (including phenoxy) is 1. The molecule has 128 valence electrons. The van der Waals surface area contributed by atoms with Gasteiger partial charge in [0.2, 0.25) is 0 Å². The molecule has 22 heavy (non-hydrogen) atoms. The fourth-order valence-electron chi connectivity index (χ4n) is 2.95. The maximum absolute atomic E-state index is 5.48. The van der Waals surface area contributed by atoms with Crippen LogP contribution in [0.3, 0.4) is 0 Å². The largest absolute Gasteiger partial charge is 0.495 e. The number of methoxy groups -OCH3 is 1. The number of benzene rings is 1. The molecule has 2 heteroatoms. The molecule has 0 unspecified atom stereocenters. The number of anilines is 1. The fraction of sp³-hybridized carbons (Fsp3) is 0.700. The van der Waals surface area contributed by atoms with E-state index < -0.39 is 0 Å². The molecule has 0 aromatic heterocycles. The second-order valence-electron chi connectivity index (χ2n) is 5.54. The van der Waals surface area contributed by atoms with Crippen LogP contribution in [0.4, 0.5) is 5.69 Å². The second kappa shape index (κ2) is 12.4. The standard InChI is InChI=1S/C16H25NO.2C2H6/c1-12-9-13(2)16(15(10-12)18-3)17-11-14-7-5-4-6-8-14;2*1-2/h9-10,14,17H,4-8,11H2,1-3H3;2*1-2H3. The molecule has 2 nitrogen and oxygen atoms in total. The topological polar surface area (TPSA) is 21.3 Å². The number of aryl methyl sites for hydroxylation is 2. The summed E-state index contributed by atoms with van der Waals surface area (Å²) < 4.78 is 5.48. The van der Waals surface area contributed by atoms with Crippen molar-refractivity contribution in [2.45, 2.75) is 73.6 Å². The van der Waals surface area contributed by atoms with Crippen molar-refractivity contribution in [3.05, 3.63) is 23.3 Å². The third kappa shape index (κ3) is 6.72. The third-order valence-corrected chi connectivity index (χ3v) is 3.96. The van der Waals surface area contributed by atoms with Gasteiger partial charge in [0, 0.05) is 6.54 Å². The van der Waals surface area contributed by atoms with Crippen LogP contribution in [0.25, 0.3) is 0 Å². The van der Waals surface area contributed by atoms with Gasteiger partial charge in [0.05, 0.1) is 12.8 Å². The lowest BCUT2D eigenvalue weighted by atomic mass is 9.89. The van der Waals surface area contributed by atoms with Crippen LogP contribution in [0.2, 0.25) is 0 Å². The molecule has 0 spiro atoms. The van der Waals surface area contributed by atoms with Gasteiger partial charge in [-0.05, 0) is 49.8 Å². The van der Waals surface area contributed by atoms with Crippen molar-refractivity contribution < 1.29 is 4.74 Å². The molecule has 0 bridgehead atoms. The van der Waals surface area contributed by atoms with Gasteiger partial charge in [-0.2, -0.15) is 0 Å². The Morgan fingerprint density at radius 3 is 2.14 bits per heavy atom. The van der Waals surface area contributed by atoms with E-state index in [1.807, 2.05) is 27.7 Å². The minimum atomic E-state index is 0.837. The summed E-state index contributed by atoms with van der Waals surface area (Å²) in [5.74, 6) is 1.81. The second-order valence-corrected chi connectivity index (χ2v) is 5.54. The van der Waals surface area contributed by atoms with Crippen molar-refractivity contribution in [2.75, 3.05) is 19.0 Å². The molecule has 1 saturated carbocycles. The van der Waals surface area contributed by atoms with Crippen molar-refractivity contribution in [3.63, 3.8) is 0 Å². The van der Waals surface area contributed by atoms with Crippen LogP contribution >= 0.6 is 0 Å². The van der Waals surface area contributed by atoms with E-state index in [0.717, 1.165) is 18.2 Å². The molecule has 1 N–H and O–H groups in total. The lowest BCUT2D eigenvalue weighted by Crippen LogP contribution is -2.18. The van der Waals surface area contributed by atoms with E-state index in [1.165, 1.54) is 48.9 Å². The van der Waals surface area contributed by atoms with Crippen LogP contribution in [-0.2, 0) is 0 Å². The first-order valence-electron chi connectivity index (χ1n) is 9.10. The summed E-state index contributed by atoms with van der Waals surface area (Å²) >= 11 is 0. The highest BCUT2D eigenvalue weighted by molar-refractivity contribution is 5.63. The highest BCUT2D eigenvalue weighted by Crippen LogP contribution is 2.31. The van der Waals surface area contributed by atoms with Gasteiger partial charge in [-0.1, -0.05) is 53.0 Å². The molecule has 1 aromatic carbocycles. The Morgan fingerprint density at radius 2 is 1.59 bits per heavy atom. The Kier molecular flexibility index (Phi) is 11.7. The summed E-state index contributed by atoms with van der Waals surface area (Å²) in [5, 5.41) is 3.60. The van der Waals surface area contributed by atoms with Crippen molar-refractivity contribution in [1.29, 1.82) is 0 Å². The lowest BCUT2D eigenvalue weighted by Gasteiger charge is -2.23. The average Bonchev–Trinajstić information content (AvgIpc) is 2.58. The zero-order chi connectivity index (χ0) is 17.0. The highest BCUT2D eigenvalue weighted by Gasteiger charge is 2.14. The first-order valence-corrected chi connectivity index (χ1v) is 9.10. The van der Waals surface area contributed by atoms with E-state index in [2.05, 4.69) is 31.3 Å². The van der Waals surface area contributed by atoms with Gasteiger partial charge in [-0.15, -0.1) is 0 Å². The molecule has 0 saturated heterocycles. The van der Waals surface area contributed by atoms with Crippen LogP contribution < -0.4 is 10.1 Å². The minimum Gasteiger partial charge on any atom is -0.495 e. The number of hydrogen-bond acceptors (Lipinski definition) is 2. The third-order valence-electron chi connectivity index (χ3n) is 3.96. The zero-order valence-electron chi connectivity index (χ0n) is 15.9. The molecule has 2 rings (SSSR count). The SMILES string of the molecule is CC.CC.COc1cc(C)cc(C)c1NCC1CCCCC1. The maximum atomic E-state index is 5.48. The van der Waals surface area contributed by atoms with Crippen molar-refractivity contribution in [3.8, 4) is 5.75 Å². The van der Waals surface area contributed by atoms with E-state index in [4.69, 9.17) is 4.74 Å².